The Morgan fingerprint density at radius 2 is 2.36 bits per heavy atom. The molecule has 3 heteroatoms. The summed E-state index contributed by atoms with van der Waals surface area (Å²) in [5, 5.41) is 3.32. The summed E-state index contributed by atoms with van der Waals surface area (Å²) in [5.41, 5.74) is 1.26. The van der Waals surface area contributed by atoms with E-state index in [1.807, 2.05) is 18.4 Å². The first-order chi connectivity index (χ1) is 6.81. The second-order valence-electron chi connectivity index (χ2n) is 3.58. The molecular weight excluding hydrogens is 197 g/mol. The maximum absolute atomic E-state index is 13.2. The molecule has 76 valence electrons. The molecule has 1 saturated heterocycles. The van der Waals surface area contributed by atoms with E-state index in [4.69, 9.17) is 0 Å². The van der Waals surface area contributed by atoms with Crippen molar-refractivity contribution in [2.24, 2.45) is 0 Å². The Morgan fingerprint density at radius 1 is 1.50 bits per heavy atom. The van der Waals surface area contributed by atoms with Crippen LogP contribution in [0.15, 0.2) is 23.1 Å². The standard InChI is InChI=1S/C11H14FNS/c1-14-11-6-8(2-3-10(11)12)9-4-5-13-7-9/h2-3,6,9,13H,4-5,7H2,1H3. The van der Waals surface area contributed by atoms with E-state index < -0.39 is 0 Å². The number of rotatable bonds is 2. The molecule has 1 aromatic rings. The highest BCUT2D eigenvalue weighted by Gasteiger charge is 2.17. The van der Waals surface area contributed by atoms with Crippen molar-refractivity contribution in [3.8, 4) is 0 Å². The number of thioether (sulfide) groups is 1. The highest BCUT2D eigenvalue weighted by atomic mass is 32.2. The third kappa shape index (κ3) is 1.93. The maximum Gasteiger partial charge on any atom is 0.136 e. The summed E-state index contributed by atoms with van der Waals surface area (Å²) < 4.78 is 13.2. The average molecular weight is 211 g/mol. The molecule has 1 atom stereocenters. The Kier molecular flexibility index (Phi) is 3.08. The molecule has 1 aliphatic heterocycles. The fourth-order valence-electron chi connectivity index (χ4n) is 1.87. The van der Waals surface area contributed by atoms with E-state index in [1.165, 1.54) is 23.7 Å². The Hall–Kier alpha value is -0.540. The monoisotopic (exact) mass is 211 g/mol. The minimum Gasteiger partial charge on any atom is -0.316 e. The molecule has 0 aromatic heterocycles. The quantitative estimate of drug-likeness (QED) is 0.755. The van der Waals surface area contributed by atoms with Crippen molar-refractivity contribution in [2.45, 2.75) is 17.2 Å². The molecule has 1 heterocycles. The molecule has 1 unspecified atom stereocenters. The van der Waals surface area contributed by atoms with E-state index >= 15 is 0 Å². The highest BCUT2D eigenvalue weighted by molar-refractivity contribution is 7.98. The molecular formula is C11H14FNS. The van der Waals surface area contributed by atoms with Crippen molar-refractivity contribution < 1.29 is 4.39 Å². The first-order valence-electron chi connectivity index (χ1n) is 4.85. The third-order valence-electron chi connectivity index (χ3n) is 2.71. The van der Waals surface area contributed by atoms with Crippen LogP contribution in [0.4, 0.5) is 4.39 Å². The summed E-state index contributed by atoms with van der Waals surface area (Å²) >= 11 is 1.47. The van der Waals surface area contributed by atoms with Gasteiger partial charge < -0.3 is 5.32 Å². The summed E-state index contributed by atoms with van der Waals surface area (Å²) in [6, 6.07) is 5.48. The molecule has 1 aromatic carbocycles. The number of hydrogen-bond donors (Lipinski definition) is 1. The van der Waals surface area contributed by atoms with E-state index in [-0.39, 0.29) is 5.82 Å². The molecule has 0 spiro atoms. The lowest BCUT2D eigenvalue weighted by Gasteiger charge is -2.10. The van der Waals surface area contributed by atoms with Gasteiger partial charge in [0.15, 0.2) is 0 Å². The van der Waals surface area contributed by atoms with Gasteiger partial charge in [0.1, 0.15) is 5.82 Å². The van der Waals surface area contributed by atoms with Gasteiger partial charge in [-0.1, -0.05) is 6.07 Å². The van der Waals surface area contributed by atoms with Crippen molar-refractivity contribution in [2.75, 3.05) is 19.3 Å². The SMILES string of the molecule is CSc1cc(C2CCNC2)ccc1F. The summed E-state index contributed by atoms with van der Waals surface area (Å²) in [6.45, 7) is 2.11. The Labute approximate surface area is 88.1 Å². The summed E-state index contributed by atoms with van der Waals surface area (Å²) in [6.07, 6.45) is 3.08. The van der Waals surface area contributed by atoms with Gasteiger partial charge >= 0.3 is 0 Å². The number of halogens is 1. The summed E-state index contributed by atoms with van der Waals surface area (Å²) in [7, 11) is 0. The molecule has 2 rings (SSSR count). The van der Waals surface area contributed by atoms with Gasteiger partial charge in [0.05, 0.1) is 0 Å². The lowest BCUT2D eigenvalue weighted by Crippen LogP contribution is -2.08. The van der Waals surface area contributed by atoms with Crippen LogP contribution in [0, 0.1) is 5.82 Å². The van der Waals surface area contributed by atoms with Gasteiger partial charge in [-0.2, -0.15) is 0 Å². The van der Waals surface area contributed by atoms with Gasteiger partial charge in [0.25, 0.3) is 0 Å². The van der Waals surface area contributed by atoms with Crippen LogP contribution in [0.5, 0.6) is 0 Å². The average Bonchev–Trinajstić information content (AvgIpc) is 2.71. The fourth-order valence-corrected chi connectivity index (χ4v) is 2.39. The Bertz CT molecular complexity index is 321. The first kappa shape index (κ1) is 9.99. The van der Waals surface area contributed by atoms with E-state index in [9.17, 15) is 4.39 Å². The maximum atomic E-state index is 13.2. The van der Waals surface area contributed by atoms with E-state index in [0.717, 1.165) is 18.0 Å². The lowest BCUT2D eigenvalue weighted by molar-refractivity contribution is 0.599. The Morgan fingerprint density at radius 3 is 3.00 bits per heavy atom. The normalized spacial score (nSPS) is 21.4. The van der Waals surface area contributed by atoms with Crippen LogP contribution >= 0.6 is 11.8 Å². The minimum absolute atomic E-state index is 0.104. The molecule has 0 radical (unpaired) electrons. The van der Waals surface area contributed by atoms with Gasteiger partial charge in [-0.25, -0.2) is 4.39 Å². The van der Waals surface area contributed by atoms with Crippen LogP contribution in [-0.4, -0.2) is 19.3 Å². The van der Waals surface area contributed by atoms with Gasteiger partial charge in [-0.05, 0) is 42.8 Å². The Balaban J connectivity index is 2.25. The molecule has 0 saturated carbocycles. The number of hydrogen-bond acceptors (Lipinski definition) is 2. The molecule has 14 heavy (non-hydrogen) atoms. The van der Waals surface area contributed by atoms with Crippen molar-refractivity contribution in [1.29, 1.82) is 0 Å². The topological polar surface area (TPSA) is 12.0 Å². The van der Waals surface area contributed by atoms with Gasteiger partial charge in [-0.3, -0.25) is 0 Å². The van der Waals surface area contributed by atoms with E-state index in [2.05, 4.69) is 5.32 Å². The van der Waals surface area contributed by atoms with Crippen molar-refractivity contribution in [3.05, 3.63) is 29.6 Å². The first-order valence-corrected chi connectivity index (χ1v) is 6.08. The van der Waals surface area contributed by atoms with Gasteiger partial charge in [-0.15, -0.1) is 11.8 Å². The second kappa shape index (κ2) is 4.32. The van der Waals surface area contributed by atoms with Gasteiger partial charge in [0, 0.05) is 11.4 Å². The fraction of sp³-hybridized carbons (Fsp3) is 0.455. The number of benzene rings is 1. The van der Waals surface area contributed by atoms with Crippen LogP contribution in [0.25, 0.3) is 0 Å². The smallest absolute Gasteiger partial charge is 0.136 e. The highest BCUT2D eigenvalue weighted by Crippen LogP contribution is 2.27. The molecule has 0 amide bonds. The van der Waals surface area contributed by atoms with E-state index in [0.29, 0.717) is 5.92 Å². The van der Waals surface area contributed by atoms with Crippen LogP contribution in [0.3, 0.4) is 0 Å². The summed E-state index contributed by atoms with van der Waals surface area (Å²) in [4.78, 5) is 0.759. The largest absolute Gasteiger partial charge is 0.316 e. The van der Waals surface area contributed by atoms with E-state index in [1.54, 1.807) is 6.07 Å². The second-order valence-corrected chi connectivity index (χ2v) is 4.43. The zero-order chi connectivity index (χ0) is 9.97. The van der Waals surface area contributed by atoms with Gasteiger partial charge in [0.2, 0.25) is 0 Å². The minimum atomic E-state index is -0.104. The predicted molar refractivity (Wildman–Crippen MR) is 58.4 cm³/mol. The molecule has 0 aliphatic carbocycles. The van der Waals surface area contributed by atoms with Crippen LogP contribution in [-0.2, 0) is 0 Å². The van der Waals surface area contributed by atoms with Crippen molar-refractivity contribution in [3.63, 3.8) is 0 Å². The number of nitrogens with one attached hydrogen (secondary N) is 1. The zero-order valence-electron chi connectivity index (χ0n) is 8.22. The molecule has 0 bridgehead atoms. The molecule has 1 nitrogen and oxygen atoms in total. The molecule has 1 N–H and O–H groups in total. The van der Waals surface area contributed by atoms with Crippen LogP contribution in [0.1, 0.15) is 17.9 Å². The summed E-state index contributed by atoms with van der Waals surface area (Å²) in [5.74, 6) is 0.466. The van der Waals surface area contributed by atoms with Crippen LogP contribution in [0.2, 0.25) is 0 Å². The predicted octanol–water partition coefficient (Wildman–Crippen LogP) is 2.62. The van der Waals surface area contributed by atoms with Crippen molar-refractivity contribution in [1.82, 2.24) is 5.32 Å². The molecule has 1 fully saturated rings. The van der Waals surface area contributed by atoms with Crippen molar-refractivity contribution >= 4 is 11.8 Å². The molecule has 1 aliphatic rings. The third-order valence-corrected chi connectivity index (χ3v) is 3.46. The van der Waals surface area contributed by atoms with Crippen LogP contribution < -0.4 is 5.32 Å². The zero-order valence-corrected chi connectivity index (χ0v) is 9.03. The lowest BCUT2D eigenvalue weighted by atomic mass is 9.99.